The molecule has 1 aliphatic heterocycles. The van der Waals surface area contributed by atoms with Crippen LogP contribution in [0.2, 0.25) is 0 Å². The second kappa shape index (κ2) is 6.89. The minimum absolute atomic E-state index is 0.246. The first-order valence-corrected chi connectivity index (χ1v) is 7.14. The molecule has 0 saturated carbocycles. The molecule has 0 aliphatic carbocycles. The Kier molecular flexibility index (Phi) is 5.17. The summed E-state index contributed by atoms with van der Waals surface area (Å²) < 4.78 is 5.24. The first-order valence-electron chi connectivity index (χ1n) is 7.14. The van der Waals surface area contributed by atoms with Crippen LogP contribution in [0.25, 0.3) is 0 Å². The van der Waals surface area contributed by atoms with Gasteiger partial charge in [-0.3, -0.25) is 0 Å². The Balaban J connectivity index is 1.92. The molecule has 0 bridgehead atoms. The summed E-state index contributed by atoms with van der Waals surface area (Å²) in [7, 11) is 1.68. The second-order valence-electron chi connectivity index (χ2n) is 5.53. The van der Waals surface area contributed by atoms with Crippen LogP contribution in [0.5, 0.6) is 0 Å². The van der Waals surface area contributed by atoms with Crippen LogP contribution in [-0.4, -0.2) is 48.4 Å². The molecule has 2 amide bonds. The quantitative estimate of drug-likeness (QED) is 0.777. The van der Waals surface area contributed by atoms with Crippen LogP contribution in [0.3, 0.4) is 0 Å². The van der Waals surface area contributed by atoms with E-state index < -0.39 is 5.60 Å². The number of carbonyl (C=O) groups is 1. The highest BCUT2D eigenvalue weighted by atomic mass is 16.5. The lowest BCUT2D eigenvalue weighted by atomic mass is 9.94. The minimum Gasteiger partial charge on any atom is -0.388 e. The van der Waals surface area contributed by atoms with Gasteiger partial charge in [0.15, 0.2) is 0 Å². The average molecular weight is 293 g/mol. The van der Waals surface area contributed by atoms with Crippen molar-refractivity contribution >= 4 is 11.7 Å². The van der Waals surface area contributed by atoms with Gasteiger partial charge in [0.25, 0.3) is 0 Å². The molecule has 0 radical (unpaired) electrons. The van der Waals surface area contributed by atoms with E-state index in [1.165, 1.54) is 4.90 Å². The third kappa shape index (κ3) is 4.42. The third-order valence-electron chi connectivity index (χ3n) is 3.72. The van der Waals surface area contributed by atoms with E-state index in [0.29, 0.717) is 44.8 Å². The monoisotopic (exact) mass is 293 g/mol. The van der Waals surface area contributed by atoms with Crippen molar-refractivity contribution in [3.63, 3.8) is 0 Å². The van der Waals surface area contributed by atoms with Crippen molar-refractivity contribution in [3.05, 3.63) is 29.8 Å². The predicted octanol–water partition coefficient (Wildman–Crippen LogP) is 1.15. The standard InChI is InChI=1S/C15H23N3O3/c1-18(11-15(20)5-7-21-8-6-15)14(19)17-13-4-2-3-12(9-13)10-16/h2-4,9,20H,5-8,10-11,16H2,1H3,(H,17,19). The lowest BCUT2D eigenvalue weighted by Crippen LogP contribution is -2.48. The van der Waals surface area contributed by atoms with Crippen LogP contribution in [-0.2, 0) is 11.3 Å². The number of urea groups is 1. The normalized spacial score (nSPS) is 17.3. The number of carbonyl (C=O) groups excluding carboxylic acids is 1. The number of hydrogen-bond donors (Lipinski definition) is 3. The van der Waals surface area contributed by atoms with Gasteiger partial charge in [-0.1, -0.05) is 12.1 Å². The van der Waals surface area contributed by atoms with Crippen molar-refractivity contribution in [1.82, 2.24) is 4.90 Å². The lowest BCUT2D eigenvalue weighted by Gasteiger charge is -2.35. The highest BCUT2D eigenvalue weighted by Crippen LogP contribution is 2.21. The molecule has 6 heteroatoms. The molecule has 6 nitrogen and oxygen atoms in total. The summed E-state index contributed by atoms with van der Waals surface area (Å²) in [5.41, 5.74) is 6.38. The van der Waals surface area contributed by atoms with Crippen LogP contribution in [0.1, 0.15) is 18.4 Å². The van der Waals surface area contributed by atoms with Crippen molar-refractivity contribution in [2.24, 2.45) is 5.73 Å². The maximum atomic E-state index is 12.2. The summed E-state index contributed by atoms with van der Waals surface area (Å²) in [5, 5.41) is 13.2. The third-order valence-corrected chi connectivity index (χ3v) is 3.72. The number of likely N-dealkylation sites (N-methyl/N-ethyl adjacent to an activating group) is 1. The summed E-state index contributed by atoms with van der Waals surface area (Å²) in [6.07, 6.45) is 1.10. The SMILES string of the molecule is CN(CC1(O)CCOCC1)C(=O)Nc1cccc(CN)c1. The number of ether oxygens (including phenoxy) is 1. The molecule has 21 heavy (non-hydrogen) atoms. The number of hydrogen-bond acceptors (Lipinski definition) is 4. The molecule has 1 fully saturated rings. The zero-order chi connectivity index (χ0) is 15.3. The van der Waals surface area contributed by atoms with Crippen molar-refractivity contribution in [1.29, 1.82) is 0 Å². The van der Waals surface area contributed by atoms with Gasteiger partial charge >= 0.3 is 6.03 Å². The van der Waals surface area contributed by atoms with E-state index in [0.717, 1.165) is 5.56 Å². The lowest BCUT2D eigenvalue weighted by molar-refractivity contribution is -0.0717. The molecule has 2 rings (SSSR count). The topological polar surface area (TPSA) is 87.8 Å². The Bertz CT molecular complexity index is 487. The molecule has 1 aromatic carbocycles. The summed E-state index contributed by atoms with van der Waals surface area (Å²) >= 11 is 0. The number of amides is 2. The Labute approximate surface area is 124 Å². The molecule has 0 atom stereocenters. The van der Waals surface area contributed by atoms with Crippen LogP contribution >= 0.6 is 0 Å². The number of anilines is 1. The zero-order valence-corrected chi connectivity index (χ0v) is 12.3. The van der Waals surface area contributed by atoms with E-state index in [1.54, 1.807) is 7.05 Å². The maximum absolute atomic E-state index is 12.2. The van der Waals surface area contributed by atoms with E-state index in [1.807, 2.05) is 24.3 Å². The van der Waals surface area contributed by atoms with Gasteiger partial charge < -0.3 is 25.8 Å². The van der Waals surface area contributed by atoms with Crippen molar-refractivity contribution in [3.8, 4) is 0 Å². The number of benzene rings is 1. The summed E-state index contributed by atoms with van der Waals surface area (Å²) in [6.45, 7) is 1.78. The van der Waals surface area contributed by atoms with E-state index in [-0.39, 0.29) is 6.03 Å². The second-order valence-corrected chi connectivity index (χ2v) is 5.53. The smallest absolute Gasteiger partial charge is 0.321 e. The minimum atomic E-state index is -0.858. The Morgan fingerprint density at radius 3 is 2.86 bits per heavy atom. The molecule has 0 aromatic heterocycles. The van der Waals surface area contributed by atoms with Gasteiger partial charge in [-0.25, -0.2) is 4.79 Å². The number of aliphatic hydroxyl groups is 1. The first kappa shape index (κ1) is 15.8. The van der Waals surface area contributed by atoms with Crippen LogP contribution in [0.15, 0.2) is 24.3 Å². The maximum Gasteiger partial charge on any atom is 0.321 e. The van der Waals surface area contributed by atoms with Crippen molar-refractivity contribution < 1.29 is 14.6 Å². The van der Waals surface area contributed by atoms with Gasteiger partial charge in [0.1, 0.15) is 0 Å². The van der Waals surface area contributed by atoms with Gasteiger partial charge in [0.05, 0.1) is 12.1 Å². The summed E-state index contributed by atoms with van der Waals surface area (Å²) in [6, 6.07) is 7.17. The van der Waals surface area contributed by atoms with E-state index in [9.17, 15) is 9.90 Å². The average Bonchev–Trinajstić information content (AvgIpc) is 2.47. The fourth-order valence-electron chi connectivity index (χ4n) is 2.42. The highest BCUT2D eigenvalue weighted by Gasteiger charge is 2.32. The summed E-state index contributed by atoms with van der Waals surface area (Å²) in [4.78, 5) is 13.7. The van der Waals surface area contributed by atoms with Gasteiger partial charge in [-0.05, 0) is 17.7 Å². The molecule has 0 spiro atoms. The molecule has 1 aromatic rings. The van der Waals surface area contributed by atoms with E-state index in [4.69, 9.17) is 10.5 Å². The number of nitrogens with zero attached hydrogens (tertiary/aromatic N) is 1. The van der Waals surface area contributed by atoms with Gasteiger partial charge in [0, 0.05) is 45.3 Å². The van der Waals surface area contributed by atoms with Crippen LogP contribution in [0.4, 0.5) is 10.5 Å². The molecule has 1 heterocycles. The van der Waals surface area contributed by atoms with Gasteiger partial charge in [-0.2, -0.15) is 0 Å². The molecule has 1 aliphatic rings. The highest BCUT2D eigenvalue weighted by molar-refractivity contribution is 5.89. The fraction of sp³-hybridized carbons (Fsp3) is 0.533. The largest absolute Gasteiger partial charge is 0.388 e. The summed E-state index contributed by atoms with van der Waals surface area (Å²) in [5.74, 6) is 0. The number of rotatable bonds is 4. The van der Waals surface area contributed by atoms with Crippen molar-refractivity contribution in [2.45, 2.75) is 25.0 Å². The van der Waals surface area contributed by atoms with Gasteiger partial charge in [-0.15, -0.1) is 0 Å². The van der Waals surface area contributed by atoms with Gasteiger partial charge in [0.2, 0.25) is 0 Å². The molecule has 4 N–H and O–H groups in total. The molecular formula is C15H23N3O3. The molecule has 0 unspecified atom stereocenters. The Morgan fingerprint density at radius 2 is 2.19 bits per heavy atom. The predicted molar refractivity (Wildman–Crippen MR) is 81.0 cm³/mol. The molecule has 116 valence electrons. The van der Waals surface area contributed by atoms with Crippen molar-refractivity contribution in [2.75, 3.05) is 32.1 Å². The fourth-order valence-corrected chi connectivity index (χ4v) is 2.42. The van der Waals surface area contributed by atoms with Crippen LogP contribution < -0.4 is 11.1 Å². The molecule has 1 saturated heterocycles. The van der Waals surface area contributed by atoms with Crippen LogP contribution in [0, 0.1) is 0 Å². The van der Waals surface area contributed by atoms with E-state index >= 15 is 0 Å². The van der Waals surface area contributed by atoms with E-state index in [2.05, 4.69) is 5.32 Å². The first-order chi connectivity index (χ1) is 10.0. The molecular weight excluding hydrogens is 270 g/mol. The Hall–Kier alpha value is -1.63. The number of nitrogens with two attached hydrogens (primary N) is 1. The number of nitrogens with one attached hydrogen (secondary N) is 1. The Morgan fingerprint density at radius 1 is 1.48 bits per heavy atom. The zero-order valence-electron chi connectivity index (χ0n) is 12.3.